The number of para-hydroxylation sites is 1. The summed E-state index contributed by atoms with van der Waals surface area (Å²) < 4.78 is 11.3. The summed E-state index contributed by atoms with van der Waals surface area (Å²) >= 11 is 0. The van der Waals surface area contributed by atoms with E-state index in [4.69, 9.17) is 14.9 Å². The molecule has 0 amide bonds. The van der Waals surface area contributed by atoms with Crippen LogP contribution in [0.1, 0.15) is 11.3 Å². The van der Waals surface area contributed by atoms with E-state index < -0.39 is 0 Å². The highest BCUT2D eigenvalue weighted by molar-refractivity contribution is 5.69. The number of hydrogen-bond acceptors (Lipinski definition) is 3. The topological polar surface area (TPSA) is 48.4 Å². The van der Waals surface area contributed by atoms with Gasteiger partial charge in [0.25, 0.3) is 0 Å². The van der Waals surface area contributed by atoms with Crippen molar-refractivity contribution in [3.05, 3.63) is 41.7 Å². The van der Waals surface area contributed by atoms with Crippen LogP contribution in [0.3, 0.4) is 0 Å². The van der Waals surface area contributed by atoms with Crippen LogP contribution in [0.4, 0.5) is 0 Å². The minimum atomic E-state index is 0.426. The van der Waals surface area contributed by atoms with Crippen LogP contribution in [0.25, 0.3) is 11.3 Å². The fraction of sp³-hybridized carbons (Fsp3) is 0.231. The Balaban J connectivity index is 2.09. The zero-order valence-electron chi connectivity index (χ0n) is 8.90. The summed E-state index contributed by atoms with van der Waals surface area (Å²) in [5, 5.41) is 0. The summed E-state index contributed by atoms with van der Waals surface area (Å²) in [5.74, 6) is 2.59. The predicted molar refractivity (Wildman–Crippen MR) is 61.2 cm³/mol. The lowest BCUT2D eigenvalue weighted by atomic mass is 10.1. The molecule has 2 aromatic rings. The number of nitrogens with two attached hydrogens (primary N) is 1. The molecular formula is C13H13NO2. The quantitative estimate of drug-likeness (QED) is 0.836. The fourth-order valence-electron chi connectivity index (χ4n) is 2.04. The molecule has 0 radical (unpaired) electrons. The first-order valence-corrected chi connectivity index (χ1v) is 5.42. The maximum absolute atomic E-state index is 5.64. The molecule has 1 aliphatic rings. The van der Waals surface area contributed by atoms with Crippen LogP contribution in [0.2, 0.25) is 0 Å². The van der Waals surface area contributed by atoms with E-state index in [2.05, 4.69) is 6.07 Å². The fourth-order valence-corrected chi connectivity index (χ4v) is 2.04. The number of benzene rings is 1. The lowest BCUT2D eigenvalue weighted by Gasteiger charge is -2.04. The molecule has 82 valence electrons. The van der Waals surface area contributed by atoms with E-state index in [1.807, 2.05) is 24.3 Å². The average Bonchev–Trinajstić information content (AvgIpc) is 2.97. The molecule has 2 N–H and O–H groups in total. The third-order valence-corrected chi connectivity index (χ3v) is 2.84. The molecule has 0 aliphatic carbocycles. The lowest BCUT2D eigenvalue weighted by molar-refractivity contribution is 0.357. The van der Waals surface area contributed by atoms with Crippen LogP contribution >= 0.6 is 0 Å². The van der Waals surface area contributed by atoms with Crippen LogP contribution in [-0.2, 0) is 13.0 Å². The van der Waals surface area contributed by atoms with Gasteiger partial charge in [-0.25, -0.2) is 0 Å². The first-order chi connectivity index (χ1) is 7.88. The van der Waals surface area contributed by atoms with Crippen LogP contribution < -0.4 is 10.5 Å². The van der Waals surface area contributed by atoms with Crippen molar-refractivity contribution in [2.24, 2.45) is 5.73 Å². The molecule has 0 bridgehead atoms. The van der Waals surface area contributed by atoms with Crippen molar-refractivity contribution >= 4 is 0 Å². The highest BCUT2D eigenvalue weighted by Crippen LogP contribution is 2.37. The molecule has 1 aromatic heterocycles. The molecule has 1 aliphatic heterocycles. The summed E-state index contributed by atoms with van der Waals surface area (Å²) in [6.07, 6.45) is 0.980. The number of rotatable bonds is 2. The normalized spacial score (nSPS) is 13.6. The summed E-state index contributed by atoms with van der Waals surface area (Å²) in [6.45, 7) is 1.19. The van der Waals surface area contributed by atoms with Gasteiger partial charge in [0.05, 0.1) is 18.7 Å². The third-order valence-electron chi connectivity index (χ3n) is 2.84. The van der Waals surface area contributed by atoms with Crippen molar-refractivity contribution in [1.29, 1.82) is 0 Å². The number of ether oxygens (including phenoxy) is 1. The molecule has 0 atom stereocenters. The Kier molecular flexibility index (Phi) is 2.18. The van der Waals surface area contributed by atoms with Gasteiger partial charge in [0.1, 0.15) is 17.3 Å². The lowest BCUT2D eigenvalue weighted by Crippen LogP contribution is -1.92. The Bertz CT molecular complexity index is 516. The zero-order chi connectivity index (χ0) is 11.0. The molecule has 16 heavy (non-hydrogen) atoms. The number of hydrogen-bond donors (Lipinski definition) is 1. The smallest absolute Gasteiger partial charge is 0.138 e. The van der Waals surface area contributed by atoms with E-state index in [1.165, 1.54) is 5.56 Å². The standard InChI is InChI=1S/C13H13NO2/c14-8-10-4-5-12(16-10)11-3-1-2-9-6-7-15-13(9)11/h1-5H,6-8,14H2. The van der Waals surface area contributed by atoms with Crippen molar-refractivity contribution in [3.8, 4) is 17.1 Å². The van der Waals surface area contributed by atoms with Crippen LogP contribution in [0.5, 0.6) is 5.75 Å². The van der Waals surface area contributed by atoms with Crippen molar-refractivity contribution in [2.75, 3.05) is 6.61 Å². The molecule has 0 unspecified atom stereocenters. The van der Waals surface area contributed by atoms with Gasteiger partial charge in [-0.05, 0) is 23.8 Å². The van der Waals surface area contributed by atoms with Crippen LogP contribution in [0.15, 0.2) is 34.7 Å². The van der Waals surface area contributed by atoms with Crippen LogP contribution in [-0.4, -0.2) is 6.61 Å². The van der Waals surface area contributed by atoms with Gasteiger partial charge in [-0.2, -0.15) is 0 Å². The first kappa shape index (κ1) is 9.48. The monoisotopic (exact) mass is 215 g/mol. The molecule has 3 nitrogen and oxygen atoms in total. The maximum Gasteiger partial charge on any atom is 0.138 e. The van der Waals surface area contributed by atoms with Gasteiger partial charge in [0, 0.05) is 6.42 Å². The highest BCUT2D eigenvalue weighted by atomic mass is 16.5. The van der Waals surface area contributed by atoms with E-state index in [1.54, 1.807) is 0 Å². The molecule has 0 saturated carbocycles. The molecule has 3 heteroatoms. The SMILES string of the molecule is NCc1ccc(-c2cccc3c2OCC3)o1. The number of furan rings is 1. The number of fused-ring (bicyclic) bond motifs is 1. The van der Waals surface area contributed by atoms with Crippen molar-refractivity contribution in [1.82, 2.24) is 0 Å². The Hall–Kier alpha value is -1.74. The van der Waals surface area contributed by atoms with E-state index >= 15 is 0 Å². The highest BCUT2D eigenvalue weighted by Gasteiger charge is 2.18. The zero-order valence-corrected chi connectivity index (χ0v) is 8.90. The summed E-state index contributed by atoms with van der Waals surface area (Å²) in [7, 11) is 0. The summed E-state index contributed by atoms with van der Waals surface area (Å²) in [5.41, 5.74) is 7.80. The van der Waals surface area contributed by atoms with Gasteiger partial charge in [-0.1, -0.05) is 12.1 Å². The maximum atomic E-state index is 5.64. The van der Waals surface area contributed by atoms with Crippen molar-refractivity contribution in [2.45, 2.75) is 13.0 Å². The van der Waals surface area contributed by atoms with Gasteiger partial charge in [-0.3, -0.25) is 0 Å². The minimum absolute atomic E-state index is 0.426. The third kappa shape index (κ3) is 1.41. The van der Waals surface area contributed by atoms with E-state index in [-0.39, 0.29) is 0 Å². The Labute approximate surface area is 93.8 Å². The largest absolute Gasteiger partial charge is 0.492 e. The summed E-state index contributed by atoms with van der Waals surface area (Å²) in [6, 6.07) is 10.00. The first-order valence-electron chi connectivity index (χ1n) is 5.42. The minimum Gasteiger partial charge on any atom is -0.492 e. The van der Waals surface area contributed by atoms with E-state index in [0.717, 1.165) is 35.9 Å². The predicted octanol–water partition coefficient (Wildman–Crippen LogP) is 2.34. The van der Waals surface area contributed by atoms with E-state index in [9.17, 15) is 0 Å². The molecule has 2 heterocycles. The van der Waals surface area contributed by atoms with Gasteiger partial charge in [0.15, 0.2) is 0 Å². The molecule has 3 rings (SSSR count). The molecule has 0 spiro atoms. The van der Waals surface area contributed by atoms with Crippen LogP contribution in [0, 0.1) is 0 Å². The Morgan fingerprint density at radius 3 is 2.94 bits per heavy atom. The Morgan fingerprint density at radius 2 is 2.12 bits per heavy atom. The van der Waals surface area contributed by atoms with Gasteiger partial charge in [0.2, 0.25) is 0 Å². The molecule has 0 fully saturated rings. The Morgan fingerprint density at radius 1 is 1.19 bits per heavy atom. The van der Waals surface area contributed by atoms with Gasteiger partial charge in [-0.15, -0.1) is 0 Å². The molecule has 0 saturated heterocycles. The molecule has 1 aromatic carbocycles. The second kappa shape index (κ2) is 3.68. The van der Waals surface area contributed by atoms with E-state index in [0.29, 0.717) is 6.54 Å². The summed E-state index contributed by atoms with van der Waals surface area (Å²) in [4.78, 5) is 0. The van der Waals surface area contributed by atoms with Crippen molar-refractivity contribution < 1.29 is 9.15 Å². The molecular weight excluding hydrogens is 202 g/mol. The van der Waals surface area contributed by atoms with Gasteiger partial charge >= 0.3 is 0 Å². The van der Waals surface area contributed by atoms with Gasteiger partial charge < -0.3 is 14.9 Å². The second-order valence-corrected chi connectivity index (χ2v) is 3.86. The van der Waals surface area contributed by atoms with Crippen molar-refractivity contribution in [3.63, 3.8) is 0 Å². The average molecular weight is 215 g/mol. The second-order valence-electron chi connectivity index (χ2n) is 3.86.